The smallest absolute Gasteiger partial charge is 0.228 e. The second-order valence-corrected chi connectivity index (χ2v) is 6.79. The van der Waals surface area contributed by atoms with Gasteiger partial charge in [0, 0.05) is 37.9 Å². The number of carbonyl (C=O) groups is 2. The average Bonchev–Trinajstić information content (AvgIpc) is 2.72. The van der Waals surface area contributed by atoms with Crippen LogP contribution >= 0.6 is 39.3 Å². The van der Waals surface area contributed by atoms with Crippen LogP contribution in [-0.4, -0.2) is 28.3 Å². The number of hydrogen-bond donors (Lipinski definition) is 0. The Morgan fingerprint density at radius 1 is 1.68 bits per heavy atom. The first kappa shape index (κ1) is 14.8. The highest BCUT2D eigenvalue weighted by atomic mass is 79.9. The van der Waals surface area contributed by atoms with Crippen molar-refractivity contribution in [2.75, 3.05) is 17.2 Å². The molecule has 1 saturated heterocycles. The molecule has 1 amide bonds. The number of nitrogens with zero attached hydrogens (tertiary/aromatic N) is 2. The summed E-state index contributed by atoms with van der Waals surface area (Å²) in [6.07, 6.45) is 2.04. The quantitative estimate of drug-likeness (QED) is 0.828. The maximum absolute atomic E-state index is 12.0. The molecule has 1 atom stereocenters. The molecular weight excluding hydrogens is 352 g/mol. The molecule has 19 heavy (non-hydrogen) atoms. The summed E-state index contributed by atoms with van der Waals surface area (Å²) in [5, 5.41) is 0.607. The maximum Gasteiger partial charge on any atom is 0.228 e. The molecule has 0 radical (unpaired) electrons. The van der Waals surface area contributed by atoms with Crippen molar-refractivity contribution in [3.8, 4) is 0 Å². The highest BCUT2D eigenvalue weighted by Crippen LogP contribution is 2.30. The Morgan fingerprint density at radius 2 is 2.42 bits per heavy atom. The predicted molar refractivity (Wildman–Crippen MR) is 80.5 cm³/mol. The maximum atomic E-state index is 12.0. The van der Waals surface area contributed by atoms with Crippen molar-refractivity contribution in [1.29, 1.82) is 0 Å². The van der Waals surface area contributed by atoms with Crippen LogP contribution in [0.4, 0.5) is 5.82 Å². The third-order valence-electron chi connectivity index (χ3n) is 2.80. The van der Waals surface area contributed by atoms with Gasteiger partial charge in [-0.15, -0.1) is 0 Å². The Kier molecular flexibility index (Phi) is 4.86. The summed E-state index contributed by atoms with van der Waals surface area (Å²) in [7, 11) is 0. The summed E-state index contributed by atoms with van der Waals surface area (Å²) in [4.78, 5) is 28.7. The fourth-order valence-corrected chi connectivity index (χ4v) is 2.96. The van der Waals surface area contributed by atoms with Gasteiger partial charge in [-0.2, -0.15) is 0 Å². The minimum absolute atomic E-state index is 0.0278. The summed E-state index contributed by atoms with van der Waals surface area (Å²) in [6, 6.07) is 1.67. The molecule has 1 aliphatic rings. The van der Waals surface area contributed by atoms with Gasteiger partial charge < -0.3 is 0 Å². The third-order valence-corrected chi connectivity index (χ3v) is 5.02. The largest absolute Gasteiger partial charge is 0.296 e. The van der Waals surface area contributed by atoms with Gasteiger partial charge >= 0.3 is 0 Å². The Labute approximate surface area is 129 Å². The lowest BCUT2D eigenvalue weighted by Gasteiger charge is -2.15. The molecule has 0 aliphatic carbocycles. The van der Waals surface area contributed by atoms with Crippen LogP contribution in [0, 0.1) is 5.92 Å². The van der Waals surface area contributed by atoms with Crippen molar-refractivity contribution in [3.63, 3.8) is 0 Å². The summed E-state index contributed by atoms with van der Waals surface area (Å²) in [5.74, 6) is 1.45. The molecule has 0 saturated carbocycles. The Morgan fingerprint density at radius 3 is 3.05 bits per heavy atom. The molecule has 1 aliphatic heterocycles. The monoisotopic (exact) mass is 362 g/mol. The number of hydrogen-bond acceptors (Lipinski definition) is 4. The summed E-state index contributed by atoms with van der Waals surface area (Å²) < 4.78 is 0.702. The normalized spacial score (nSPS) is 19.0. The van der Waals surface area contributed by atoms with Gasteiger partial charge in [0.05, 0.1) is 9.50 Å². The van der Waals surface area contributed by atoms with Crippen molar-refractivity contribution >= 4 is 56.1 Å². The molecule has 2 heterocycles. The van der Waals surface area contributed by atoms with E-state index in [2.05, 4.69) is 20.9 Å². The first-order valence-electron chi connectivity index (χ1n) is 5.72. The van der Waals surface area contributed by atoms with E-state index in [0.717, 1.165) is 0 Å². The SMILES string of the molecule is CC(=O)SCC1CC(=O)N(c2cc(Cl)c(Br)cn2)C1. The van der Waals surface area contributed by atoms with E-state index in [1.54, 1.807) is 17.2 Å². The van der Waals surface area contributed by atoms with Crippen LogP contribution in [-0.2, 0) is 9.59 Å². The number of carbonyl (C=O) groups excluding carboxylic acids is 2. The number of halogens is 2. The molecule has 7 heteroatoms. The van der Waals surface area contributed by atoms with E-state index in [1.807, 2.05) is 0 Å². The molecule has 0 bridgehead atoms. The third kappa shape index (κ3) is 3.70. The van der Waals surface area contributed by atoms with E-state index in [4.69, 9.17) is 11.6 Å². The molecule has 1 fully saturated rings. The van der Waals surface area contributed by atoms with Gasteiger partial charge in [-0.05, 0) is 21.8 Å². The molecule has 102 valence electrons. The second-order valence-electron chi connectivity index (χ2n) is 4.33. The second kappa shape index (κ2) is 6.24. The van der Waals surface area contributed by atoms with E-state index in [1.165, 1.54) is 18.7 Å². The minimum atomic E-state index is 0.0278. The summed E-state index contributed by atoms with van der Waals surface area (Å²) >= 11 is 10.5. The zero-order valence-electron chi connectivity index (χ0n) is 10.2. The van der Waals surface area contributed by atoms with Crippen LogP contribution in [0.2, 0.25) is 5.02 Å². The molecule has 0 N–H and O–H groups in total. The van der Waals surface area contributed by atoms with Gasteiger partial charge in [0.25, 0.3) is 0 Å². The van der Waals surface area contributed by atoms with Gasteiger partial charge in [0.1, 0.15) is 5.82 Å². The zero-order chi connectivity index (χ0) is 14.0. The van der Waals surface area contributed by atoms with Crippen molar-refractivity contribution in [3.05, 3.63) is 21.8 Å². The van der Waals surface area contributed by atoms with Gasteiger partial charge in [-0.25, -0.2) is 4.98 Å². The van der Waals surface area contributed by atoms with Crippen LogP contribution in [0.3, 0.4) is 0 Å². The number of rotatable bonds is 3. The average molecular weight is 364 g/mol. The van der Waals surface area contributed by atoms with Crippen molar-refractivity contribution in [1.82, 2.24) is 4.98 Å². The topological polar surface area (TPSA) is 50.3 Å². The van der Waals surface area contributed by atoms with Gasteiger partial charge in [0.2, 0.25) is 5.91 Å². The lowest BCUT2D eigenvalue weighted by molar-refractivity contribution is -0.117. The first-order valence-corrected chi connectivity index (χ1v) is 7.88. The van der Waals surface area contributed by atoms with Crippen LogP contribution in [0.25, 0.3) is 0 Å². The van der Waals surface area contributed by atoms with Crippen LogP contribution in [0.1, 0.15) is 13.3 Å². The predicted octanol–water partition coefficient (Wildman–Crippen LogP) is 3.13. The van der Waals surface area contributed by atoms with E-state index >= 15 is 0 Å². The lowest BCUT2D eigenvalue weighted by atomic mass is 10.1. The van der Waals surface area contributed by atoms with E-state index < -0.39 is 0 Å². The van der Waals surface area contributed by atoms with Gasteiger partial charge in [0.15, 0.2) is 5.12 Å². The van der Waals surface area contributed by atoms with Crippen LogP contribution in [0.15, 0.2) is 16.7 Å². The molecular formula is C12H12BrClN2O2S. The number of anilines is 1. The van der Waals surface area contributed by atoms with Crippen molar-refractivity contribution in [2.24, 2.45) is 5.92 Å². The summed E-state index contributed by atoms with van der Waals surface area (Å²) in [5.41, 5.74) is 0. The fraction of sp³-hybridized carbons (Fsp3) is 0.417. The van der Waals surface area contributed by atoms with Crippen LogP contribution in [0.5, 0.6) is 0 Å². The molecule has 2 rings (SSSR count). The number of pyridine rings is 1. The Bertz CT molecular complexity index is 526. The highest BCUT2D eigenvalue weighted by Gasteiger charge is 2.31. The molecule has 1 aromatic rings. The lowest BCUT2D eigenvalue weighted by Crippen LogP contribution is -2.25. The van der Waals surface area contributed by atoms with Crippen LogP contribution < -0.4 is 4.90 Å². The molecule has 1 aromatic heterocycles. The Balaban J connectivity index is 2.07. The zero-order valence-corrected chi connectivity index (χ0v) is 13.4. The molecule has 0 aromatic carbocycles. The fourth-order valence-electron chi connectivity index (χ4n) is 1.90. The summed E-state index contributed by atoms with van der Waals surface area (Å²) in [6.45, 7) is 2.12. The standard InChI is InChI=1S/C12H12BrClN2O2S/c1-7(17)19-6-8-2-12(18)16(5-8)11-3-10(14)9(13)4-15-11/h3-4,8H,2,5-6H2,1H3. The number of amides is 1. The highest BCUT2D eigenvalue weighted by molar-refractivity contribution is 9.10. The van der Waals surface area contributed by atoms with E-state index in [0.29, 0.717) is 34.0 Å². The molecule has 0 spiro atoms. The van der Waals surface area contributed by atoms with Crippen molar-refractivity contribution in [2.45, 2.75) is 13.3 Å². The minimum Gasteiger partial charge on any atom is -0.296 e. The van der Waals surface area contributed by atoms with E-state index in [9.17, 15) is 9.59 Å². The number of thioether (sulfide) groups is 1. The molecule has 4 nitrogen and oxygen atoms in total. The molecule has 1 unspecified atom stereocenters. The van der Waals surface area contributed by atoms with Crippen molar-refractivity contribution < 1.29 is 9.59 Å². The first-order chi connectivity index (χ1) is 8.97. The Hall–Kier alpha value is -0.590. The van der Waals surface area contributed by atoms with Gasteiger partial charge in [-0.1, -0.05) is 23.4 Å². The van der Waals surface area contributed by atoms with Gasteiger partial charge in [-0.3, -0.25) is 14.5 Å². The van der Waals surface area contributed by atoms with E-state index in [-0.39, 0.29) is 16.9 Å². The number of aromatic nitrogens is 1.